The van der Waals surface area contributed by atoms with Crippen LogP contribution in [-0.4, -0.2) is 42.2 Å². The van der Waals surface area contributed by atoms with Gasteiger partial charge in [-0.15, -0.1) is 0 Å². The zero-order chi connectivity index (χ0) is 16.8. The highest BCUT2D eigenvalue weighted by Gasteiger charge is 2.26. The smallest absolute Gasteiger partial charge is 0.226 e. The molecule has 0 unspecified atom stereocenters. The number of ether oxygens (including phenoxy) is 2. The summed E-state index contributed by atoms with van der Waals surface area (Å²) in [6, 6.07) is 14.0. The summed E-state index contributed by atoms with van der Waals surface area (Å²) in [5.74, 6) is 0.941. The Balaban J connectivity index is 1.55. The van der Waals surface area contributed by atoms with Crippen LogP contribution in [-0.2, 0) is 16.1 Å². The highest BCUT2D eigenvalue weighted by atomic mass is 16.5. The maximum absolute atomic E-state index is 12.5. The molecule has 128 valence electrons. The lowest BCUT2D eigenvalue weighted by Gasteiger charge is -2.35. The minimum absolute atomic E-state index is 0.140. The fourth-order valence-electron chi connectivity index (χ4n) is 3.13. The quantitative estimate of drug-likeness (QED) is 0.785. The zero-order valence-electron chi connectivity index (χ0n) is 14.1. The van der Waals surface area contributed by atoms with Crippen molar-refractivity contribution in [2.75, 3.05) is 26.9 Å². The molecule has 5 nitrogen and oxygen atoms in total. The summed E-state index contributed by atoms with van der Waals surface area (Å²) in [5.41, 5.74) is 1.18. The minimum Gasteiger partial charge on any atom is -0.493 e. The number of methoxy groups -OCH3 is 1. The Morgan fingerprint density at radius 3 is 2.79 bits per heavy atom. The molecular weight excluding hydrogens is 304 g/mol. The van der Waals surface area contributed by atoms with E-state index in [1.54, 1.807) is 7.11 Å². The maximum Gasteiger partial charge on any atom is 0.226 e. The van der Waals surface area contributed by atoms with Gasteiger partial charge in [0.15, 0.2) is 0 Å². The van der Waals surface area contributed by atoms with Crippen LogP contribution in [0.2, 0.25) is 0 Å². The van der Waals surface area contributed by atoms with E-state index in [9.17, 15) is 4.79 Å². The fourth-order valence-corrected chi connectivity index (χ4v) is 3.13. The van der Waals surface area contributed by atoms with Crippen molar-refractivity contribution in [2.24, 2.45) is 0 Å². The average Bonchev–Trinajstić information content (AvgIpc) is 3.09. The average molecular weight is 328 g/mol. The number of hydrogen-bond acceptors (Lipinski definition) is 3. The van der Waals surface area contributed by atoms with E-state index in [1.165, 1.54) is 5.69 Å². The predicted octanol–water partition coefficient (Wildman–Crippen LogP) is 2.88. The number of carbonyl (C=O) groups excluding carboxylic acids is 1. The minimum atomic E-state index is 0.140. The summed E-state index contributed by atoms with van der Waals surface area (Å²) in [6.07, 6.45) is 3.39. The standard InChI is InChI=1S/C19H24N2O3/c1-23-12-9-17-15-20(14-16-6-5-11-21(16)17)19(22)10-13-24-18-7-3-2-4-8-18/h2-8,11,17H,9-10,12-15H2,1H3/t17-/m0/s1. The van der Waals surface area contributed by atoms with Crippen LogP contribution in [0.1, 0.15) is 24.6 Å². The Morgan fingerprint density at radius 1 is 1.17 bits per heavy atom. The van der Waals surface area contributed by atoms with Crippen LogP contribution in [0.3, 0.4) is 0 Å². The van der Waals surface area contributed by atoms with Crippen LogP contribution in [0.5, 0.6) is 5.75 Å². The molecule has 0 aliphatic carbocycles. The molecule has 5 heteroatoms. The number of rotatable bonds is 7. The summed E-state index contributed by atoms with van der Waals surface area (Å²) in [5, 5.41) is 0. The number of benzene rings is 1. The highest BCUT2D eigenvalue weighted by molar-refractivity contribution is 5.76. The number of hydrogen-bond donors (Lipinski definition) is 0. The van der Waals surface area contributed by atoms with Crippen molar-refractivity contribution in [2.45, 2.75) is 25.4 Å². The summed E-state index contributed by atoms with van der Waals surface area (Å²) in [7, 11) is 1.71. The topological polar surface area (TPSA) is 43.7 Å². The second-order valence-electron chi connectivity index (χ2n) is 6.03. The summed E-state index contributed by atoms with van der Waals surface area (Å²) in [6.45, 7) is 2.50. The number of fused-ring (bicyclic) bond motifs is 1. The van der Waals surface area contributed by atoms with Crippen LogP contribution in [0.25, 0.3) is 0 Å². The van der Waals surface area contributed by atoms with E-state index in [1.807, 2.05) is 41.3 Å². The second-order valence-corrected chi connectivity index (χ2v) is 6.03. The van der Waals surface area contributed by atoms with Gasteiger partial charge < -0.3 is 18.9 Å². The molecule has 1 aliphatic heterocycles. The van der Waals surface area contributed by atoms with E-state index < -0.39 is 0 Å². The van der Waals surface area contributed by atoms with Crippen LogP contribution in [0.4, 0.5) is 0 Å². The van der Waals surface area contributed by atoms with Gasteiger partial charge in [0, 0.05) is 32.2 Å². The molecule has 1 aromatic carbocycles. The molecule has 3 rings (SSSR count). The molecule has 0 saturated carbocycles. The van der Waals surface area contributed by atoms with E-state index >= 15 is 0 Å². The van der Waals surface area contributed by atoms with Crippen LogP contribution in [0, 0.1) is 0 Å². The Hall–Kier alpha value is -2.27. The molecule has 0 bridgehead atoms. The van der Waals surface area contributed by atoms with Gasteiger partial charge in [0.2, 0.25) is 5.91 Å². The number of para-hydroxylation sites is 1. The van der Waals surface area contributed by atoms with Gasteiger partial charge in [0.25, 0.3) is 0 Å². The lowest BCUT2D eigenvalue weighted by atomic mass is 10.1. The van der Waals surface area contributed by atoms with Crippen molar-refractivity contribution in [3.63, 3.8) is 0 Å². The molecule has 1 amide bonds. The van der Waals surface area contributed by atoms with Crippen LogP contribution >= 0.6 is 0 Å². The summed E-state index contributed by atoms with van der Waals surface area (Å²) in [4.78, 5) is 14.5. The number of nitrogens with zero attached hydrogens (tertiary/aromatic N) is 2. The molecule has 24 heavy (non-hydrogen) atoms. The largest absolute Gasteiger partial charge is 0.493 e. The monoisotopic (exact) mass is 328 g/mol. The lowest BCUT2D eigenvalue weighted by molar-refractivity contribution is -0.133. The first kappa shape index (κ1) is 16.6. The van der Waals surface area contributed by atoms with E-state index in [0.29, 0.717) is 26.2 Å². The third-order valence-electron chi connectivity index (χ3n) is 4.38. The summed E-state index contributed by atoms with van der Waals surface area (Å²) < 4.78 is 13.1. The Bertz CT molecular complexity index is 654. The first-order chi connectivity index (χ1) is 11.8. The van der Waals surface area contributed by atoms with Crippen molar-refractivity contribution in [3.8, 4) is 5.75 Å². The maximum atomic E-state index is 12.5. The number of carbonyl (C=O) groups is 1. The zero-order valence-corrected chi connectivity index (χ0v) is 14.1. The van der Waals surface area contributed by atoms with Crippen molar-refractivity contribution >= 4 is 5.91 Å². The molecular formula is C19H24N2O3. The molecule has 0 spiro atoms. The van der Waals surface area contributed by atoms with Gasteiger partial charge in [-0.25, -0.2) is 0 Å². The molecule has 0 N–H and O–H groups in total. The van der Waals surface area contributed by atoms with Crippen molar-refractivity contribution < 1.29 is 14.3 Å². The molecule has 1 atom stereocenters. The van der Waals surface area contributed by atoms with Crippen molar-refractivity contribution in [1.82, 2.24) is 9.47 Å². The Labute approximate surface area is 142 Å². The fraction of sp³-hybridized carbons (Fsp3) is 0.421. The van der Waals surface area contributed by atoms with Gasteiger partial charge in [-0.05, 0) is 30.7 Å². The molecule has 0 saturated heterocycles. The number of amides is 1. The first-order valence-electron chi connectivity index (χ1n) is 8.38. The number of aromatic nitrogens is 1. The molecule has 0 radical (unpaired) electrons. The Morgan fingerprint density at radius 2 is 2.00 bits per heavy atom. The normalized spacial score (nSPS) is 16.7. The second kappa shape index (κ2) is 8.02. The lowest BCUT2D eigenvalue weighted by Crippen LogP contribution is -2.41. The van der Waals surface area contributed by atoms with Crippen molar-refractivity contribution in [1.29, 1.82) is 0 Å². The highest BCUT2D eigenvalue weighted by Crippen LogP contribution is 2.25. The van der Waals surface area contributed by atoms with Crippen LogP contribution in [0.15, 0.2) is 48.7 Å². The SMILES string of the molecule is COCC[C@H]1CN(C(=O)CCOc2ccccc2)Cc2cccn21. The van der Waals surface area contributed by atoms with Gasteiger partial charge in [-0.2, -0.15) is 0 Å². The molecule has 2 aromatic rings. The van der Waals surface area contributed by atoms with Gasteiger partial charge in [0.05, 0.1) is 25.6 Å². The van der Waals surface area contributed by atoms with E-state index in [0.717, 1.165) is 18.7 Å². The van der Waals surface area contributed by atoms with Gasteiger partial charge in [-0.1, -0.05) is 18.2 Å². The summed E-state index contributed by atoms with van der Waals surface area (Å²) >= 11 is 0. The third-order valence-corrected chi connectivity index (χ3v) is 4.38. The molecule has 0 fully saturated rings. The van der Waals surface area contributed by atoms with E-state index in [2.05, 4.69) is 16.8 Å². The first-order valence-corrected chi connectivity index (χ1v) is 8.38. The third kappa shape index (κ3) is 3.97. The molecule has 1 aliphatic rings. The van der Waals surface area contributed by atoms with Gasteiger partial charge in [-0.3, -0.25) is 4.79 Å². The van der Waals surface area contributed by atoms with Gasteiger partial charge >= 0.3 is 0 Å². The van der Waals surface area contributed by atoms with Gasteiger partial charge in [0.1, 0.15) is 5.75 Å². The van der Waals surface area contributed by atoms with E-state index in [4.69, 9.17) is 9.47 Å². The predicted molar refractivity (Wildman–Crippen MR) is 91.9 cm³/mol. The van der Waals surface area contributed by atoms with Crippen LogP contribution < -0.4 is 4.74 Å². The molecule has 2 heterocycles. The van der Waals surface area contributed by atoms with Crippen molar-refractivity contribution in [3.05, 3.63) is 54.4 Å². The molecule has 1 aromatic heterocycles. The Kier molecular flexibility index (Phi) is 5.54. The van der Waals surface area contributed by atoms with E-state index in [-0.39, 0.29) is 11.9 Å².